The van der Waals surface area contributed by atoms with E-state index >= 15 is 0 Å². The van der Waals surface area contributed by atoms with Crippen LogP contribution in [0.25, 0.3) is 15.7 Å². The minimum Gasteiger partial charge on any atom is -0.470 e. The zero-order chi connectivity index (χ0) is 21.6. The number of anilines is 1. The van der Waals surface area contributed by atoms with Crippen LogP contribution in [0.2, 0.25) is 0 Å². The lowest BCUT2D eigenvalue weighted by Gasteiger charge is -2.39. The summed E-state index contributed by atoms with van der Waals surface area (Å²) in [5.41, 5.74) is 0.984. The van der Waals surface area contributed by atoms with Crippen molar-refractivity contribution in [1.29, 1.82) is 0 Å². The highest BCUT2D eigenvalue weighted by Crippen LogP contribution is 2.28. The van der Waals surface area contributed by atoms with Crippen LogP contribution in [0.4, 0.5) is 10.2 Å². The van der Waals surface area contributed by atoms with Crippen molar-refractivity contribution in [3.8, 4) is 5.88 Å². The Labute approximate surface area is 190 Å². The lowest BCUT2D eigenvalue weighted by atomic mass is 9.96. The molecule has 1 aliphatic carbocycles. The molecule has 1 saturated heterocycles. The van der Waals surface area contributed by atoms with E-state index in [1.165, 1.54) is 25.3 Å². The van der Waals surface area contributed by atoms with E-state index in [9.17, 15) is 4.39 Å². The quantitative estimate of drug-likeness (QED) is 0.427. The molecule has 5 nitrogen and oxygen atoms in total. The van der Waals surface area contributed by atoms with Crippen molar-refractivity contribution < 1.29 is 9.13 Å². The van der Waals surface area contributed by atoms with Gasteiger partial charge < -0.3 is 14.5 Å². The van der Waals surface area contributed by atoms with Crippen molar-refractivity contribution in [1.82, 2.24) is 9.97 Å². The number of hydrogen-bond acceptors (Lipinski definition) is 4. The van der Waals surface area contributed by atoms with Crippen LogP contribution in [0.15, 0.2) is 53.1 Å². The smallest absolute Gasteiger partial charge is 0.228 e. The SMILES string of the molecule is Fc1cnc(OC2CN(c3ccc4ccccc4n3)C2)c(Br)c1.[C-]#[N+]C1CCCCC1. The molecule has 2 aromatic heterocycles. The normalized spacial score (nSPS) is 16.7. The van der Waals surface area contributed by atoms with Gasteiger partial charge in [0.15, 0.2) is 0 Å². The third kappa shape index (κ3) is 5.50. The maximum atomic E-state index is 13.0. The van der Waals surface area contributed by atoms with E-state index in [1.54, 1.807) is 0 Å². The van der Waals surface area contributed by atoms with Crippen molar-refractivity contribution in [2.45, 2.75) is 44.2 Å². The van der Waals surface area contributed by atoms with Gasteiger partial charge in [0, 0.05) is 18.2 Å². The minimum absolute atomic E-state index is 0.0255. The summed E-state index contributed by atoms with van der Waals surface area (Å²) < 4.78 is 19.3. The number of fused-ring (bicyclic) bond motifs is 1. The first-order valence-electron chi connectivity index (χ1n) is 10.6. The Morgan fingerprint density at radius 2 is 1.87 bits per heavy atom. The van der Waals surface area contributed by atoms with Gasteiger partial charge >= 0.3 is 0 Å². The van der Waals surface area contributed by atoms with Crippen LogP contribution in [-0.2, 0) is 0 Å². The number of nitrogens with zero attached hydrogens (tertiary/aromatic N) is 4. The molecule has 0 amide bonds. The third-order valence-electron chi connectivity index (χ3n) is 5.57. The molecule has 3 heterocycles. The summed E-state index contributed by atoms with van der Waals surface area (Å²) in [6, 6.07) is 13.9. The van der Waals surface area contributed by atoms with Gasteiger partial charge in [-0.1, -0.05) is 24.6 Å². The Balaban J connectivity index is 0.000000245. The second-order valence-corrected chi connectivity index (χ2v) is 8.72. The van der Waals surface area contributed by atoms with Gasteiger partial charge in [0.25, 0.3) is 0 Å². The molecule has 2 aliphatic rings. The van der Waals surface area contributed by atoms with Crippen LogP contribution in [-0.4, -0.2) is 35.2 Å². The maximum Gasteiger partial charge on any atom is 0.228 e. The molecule has 1 saturated carbocycles. The fourth-order valence-corrected chi connectivity index (χ4v) is 4.20. The van der Waals surface area contributed by atoms with Gasteiger partial charge in [-0.2, -0.15) is 0 Å². The number of ether oxygens (including phenoxy) is 1. The molecule has 1 aliphatic heterocycles. The fraction of sp³-hybridized carbons (Fsp3) is 0.375. The summed E-state index contributed by atoms with van der Waals surface area (Å²) in [6.45, 7) is 8.19. The highest BCUT2D eigenvalue weighted by molar-refractivity contribution is 9.10. The van der Waals surface area contributed by atoms with Crippen molar-refractivity contribution in [2.24, 2.45) is 0 Å². The lowest BCUT2D eigenvalue weighted by Crippen LogP contribution is -2.54. The number of hydrogen-bond donors (Lipinski definition) is 0. The minimum atomic E-state index is -0.389. The van der Waals surface area contributed by atoms with Gasteiger partial charge in [-0.25, -0.2) is 20.9 Å². The Morgan fingerprint density at radius 1 is 1.10 bits per heavy atom. The molecule has 5 rings (SSSR count). The summed E-state index contributed by atoms with van der Waals surface area (Å²) in [6.07, 6.45) is 7.41. The largest absolute Gasteiger partial charge is 0.470 e. The second kappa shape index (κ2) is 10.1. The average Bonchev–Trinajstić information content (AvgIpc) is 2.78. The molecule has 3 aromatic rings. The van der Waals surface area contributed by atoms with Crippen LogP contribution in [0.5, 0.6) is 5.88 Å². The molecular formula is C24H24BrFN4O. The molecule has 0 atom stereocenters. The summed E-state index contributed by atoms with van der Waals surface area (Å²) >= 11 is 3.26. The van der Waals surface area contributed by atoms with Gasteiger partial charge in [-0.15, -0.1) is 0 Å². The van der Waals surface area contributed by atoms with E-state index in [4.69, 9.17) is 11.3 Å². The first-order valence-corrected chi connectivity index (χ1v) is 11.4. The van der Waals surface area contributed by atoms with Crippen molar-refractivity contribution in [3.63, 3.8) is 0 Å². The van der Waals surface area contributed by atoms with Gasteiger partial charge in [0.1, 0.15) is 17.7 Å². The molecule has 1 aromatic carbocycles. The van der Waals surface area contributed by atoms with Gasteiger partial charge in [-0.05, 0) is 53.0 Å². The van der Waals surface area contributed by atoms with Crippen LogP contribution in [0.3, 0.4) is 0 Å². The molecule has 0 bridgehead atoms. The molecule has 0 unspecified atom stereocenters. The first-order chi connectivity index (χ1) is 15.1. The van der Waals surface area contributed by atoms with Gasteiger partial charge in [-0.3, -0.25) is 0 Å². The summed E-state index contributed by atoms with van der Waals surface area (Å²) in [5, 5.41) is 1.13. The zero-order valence-electron chi connectivity index (χ0n) is 17.2. The Morgan fingerprint density at radius 3 is 2.58 bits per heavy atom. The molecule has 2 fully saturated rings. The monoisotopic (exact) mass is 482 g/mol. The highest BCUT2D eigenvalue weighted by atomic mass is 79.9. The predicted octanol–water partition coefficient (Wildman–Crippen LogP) is 6.04. The lowest BCUT2D eigenvalue weighted by molar-refractivity contribution is 0.158. The van der Waals surface area contributed by atoms with E-state index < -0.39 is 0 Å². The second-order valence-electron chi connectivity index (χ2n) is 7.87. The fourth-order valence-electron chi connectivity index (χ4n) is 3.79. The van der Waals surface area contributed by atoms with Gasteiger partial charge in [0.05, 0.1) is 29.3 Å². The van der Waals surface area contributed by atoms with Crippen molar-refractivity contribution in [3.05, 3.63) is 70.4 Å². The van der Waals surface area contributed by atoms with Crippen LogP contribution in [0.1, 0.15) is 32.1 Å². The summed E-state index contributed by atoms with van der Waals surface area (Å²) in [7, 11) is 0. The molecule has 0 N–H and O–H groups in total. The molecule has 7 heteroatoms. The number of rotatable bonds is 3. The molecule has 0 spiro atoms. The number of pyridine rings is 2. The Bertz CT molecular complexity index is 1070. The van der Waals surface area contributed by atoms with E-state index in [0.29, 0.717) is 16.4 Å². The molecule has 160 valence electrons. The van der Waals surface area contributed by atoms with Crippen LogP contribution in [0, 0.1) is 12.4 Å². The van der Waals surface area contributed by atoms with Crippen molar-refractivity contribution in [2.75, 3.05) is 18.0 Å². The van der Waals surface area contributed by atoms with Crippen LogP contribution < -0.4 is 9.64 Å². The Kier molecular flexibility index (Phi) is 6.98. The first kappa shape index (κ1) is 21.5. The van der Waals surface area contributed by atoms with E-state index in [1.807, 2.05) is 30.3 Å². The molecular weight excluding hydrogens is 459 g/mol. The number of para-hydroxylation sites is 1. The van der Waals surface area contributed by atoms with Crippen LogP contribution >= 0.6 is 15.9 Å². The molecule has 0 radical (unpaired) electrons. The third-order valence-corrected chi connectivity index (χ3v) is 6.13. The highest BCUT2D eigenvalue weighted by Gasteiger charge is 2.30. The van der Waals surface area contributed by atoms with Crippen molar-refractivity contribution >= 4 is 32.7 Å². The zero-order valence-corrected chi connectivity index (χ0v) is 18.8. The average molecular weight is 483 g/mol. The molecule has 31 heavy (non-hydrogen) atoms. The number of halogens is 2. The maximum absolute atomic E-state index is 13.0. The topological polar surface area (TPSA) is 42.6 Å². The predicted molar refractivity (Wildman–Crippen MR) is 124 cm³/mol. The van der Waals surface area contributed by atoms with E-state index in [2.05, 4.69) is 41.7 Å². The standard InChI is InChI=1S/C17H13BrFN3O.C7H11N/c18-14-7-12(19)8-20-17(14)23-13-9-22(10-13)16-6-5-11-3-1-2-4-15(11)21-16;1-8-7-5-3-2-4-6-7/h1-8,13H,9-10H2;7H,2-6H2. The van der Waals surface area contributed by atoms with Gasteiger partial charge in [0.2, 0.25) is 11.9 Å². The summed E-state index contributed by atoms with van der Waals surface area (Å²) in [4.78, 5) is 14.3. The van der Waals surface area contributed by atoms with E-state index in [-0.39, 0.29) is 11.9 Å². The summed E-state index contributed by atoms with van der Waals surface area (Å²) in [5.74, 6) is 0.969. The number of benzene rings is 1. The van der Waals surface area contributed by atoms with E-state index in [0.717, 1.165) is 48.8 Å². The number of aromatic nitrogens is 2. The Hall–Kier alpha value is -2.72.